The Morgan fingerprint density at radius 1 is 1.36 bits per heavy atom. The van der Waals surface area contributed by atoms with E-state index < -0.39 is 0 Å². The molecule has 2 N–H and O–H groups in total. The second-order valence-corrected chi connectivity index (χ2v) is 5.83. The van der Waals surface area contributed by atoms with Crippen LogP contribution in [0.4, 0.5) is 0 Å². The Labute approximate surface area is 88.4 Å². The predicted octanol–water partition coefficient (Wildman–Crippen LogP) is 0.216. The summed E-state index contributed by atoms with van der Waals surface area (Å²) in [5.41, 5.74) is 0. The molecule has 3 nitrogen and oxygen atoms in total. The normalized spacial score (nSPS) is 44.9. The molecular weight excluding hydrogens is 196 g/mol. The Bertz CT molecular complexity index is 243. The minimum absolute atomic E-state index is 0.254. The fraction of sp³-hybridized carbons (Fsp3) is 0.900. The molecule has 3 aliphatic rings. The number of piperidine rings is 1. The van der Waals surface area contributed by atoms with E-state index in [2.05, 4.69) is 10.6 Å². The van der Waals surface area contributed by atoms with E-state index in [1.54, 1.807) is 0 Å². The van der Waals surface area contributed by atoms with Crippen molar-refractivity contribution in [3.63, 3.8) is 0 Å². The molecule has 0 aromatic heterocycles. The minimum atomic E-state index is 0.254. The number of fused-ring (bicyclic) bond motifs is 1. The molecule has 2 heterocycles. The van der Waals surface area contributed by atoms with Gasteiger partial charge in [-0.2, -0.15) is 0 Å². The fourth-order valence-electron chi connectivity index (χ4n) is 2.67. The zero-order valence-electron chi connectivity index (χ0n) is 8.16. The highest BCUT2D eigenvalue weighted by Crippen LogP contribution is 2.42. The smallest absolute Gasteiger partial charge is 0.233 e. The molecule has 3 rings (SSSR count). The maximum atomic E-state index is 11.8. The molecule has 4 heteroatoms. The number of rotatable bonds is 2. The topological polar surface area (TPSA) is 41.1 Å². The molecule has 0 spiro atoms. The molecule has 0 aromatic carbocycles. The third-order valence-electron chi connectivity index (χ3n) is 3.62. The highest BCUT2D eigenvalue weighted by atomic mass is 32.2. The standard InChI is InChI=1S/C10H16N2OS/c13-10(8-2-1-3-14-8)12-9-6-4-11-5-7(6)9/h6-9,11H,1-5H2,(H,12,13). The molecule has 1 amide bonds. The maximum absolute atomic E-state index is 11.8. The second kappa shape index (κ2) is 3.42. The molecule has 3 atom stereocenters. The van der Waals surface area contributed by atoms with E-state index in [1.165, 1.54) is 6.42 Å². The maximum Gasteiger partial charge on any atom is 0.233 e. The number of carbonyl (C=O) groups excluding carboxylic acids is 1. The lowest BCUT2D eigenvalue weighted by atomic mass is 10.2. The summed E-state index contributed by atoms with van der Waals surface area (Å²) < 4.78 is 0. The molecule has 3 fully saturated rings. The van der Waals surface area contributed by atoms with Gasteiger partial charge in [0.25, 0.3) is 0 Å². The van der Waals surface area contributed by atoms with Gasteiger partial charge in [0.15, 0.2) is 0 Å². The number of carbonyl (C=O) groups is 1. The van der Waals surface area contributed by atoms with Crippen molar-refractivity contribution in [1.29, 1.82) is 0 Å². The average Bonchev–Trinajstić information content (AvgIpc) is 2.75. The van der Waals surface area contributed by atoms with Gasteiger partial charge in [-0.15, -0.1) is 11.8 Å². The Morgan fingerprint density at radius 3 is 2.79 bits per heavy atom. The molecular formula is C10H16N2OS. The van der Waals surface area contributed by atoms with Crippen LogP contribution in [0, 0.1) is 11.8 Å². The summed E-state index contributed by atoms with van der Waals surface area (Å²) in [7, 11) is 0. The predicted molar refractivity (Wildman–Crippen MR) is 57.3 cm³/mol. The van der Waals surface area contributed by atoms with Crippen molar-refractivity contribution in [3.8, 4) is 0 Å². The quantitative estimate of drug-likeness (QED) is 0.688. The first-order valence-corrected chi connectivity index (χ1v) is 6.54. The zero-order chi connectivity index (χ0) is 9.54. The van der Waals surface area contributed by atoms with Gasteiger partial charge in [-0.3, -0.25) is 4.79 Å². The zero-order valence-corrected chi connectivity index (χ0v) is 8.98. The van der Waals surface area contributed by atoms with Crippen molar-refractivity contribution in [2.45, 2.75) is 24.1 Å². The average molecular weight is 212 g/mol. The van der Waals surface area contributed by atoms with E-state index in [1.807, 2.05) is 11.8 Å². The van der Waals surface area contributed by atoms with Gasteiger partial charge in [0.05, 0.1) is 5.25 Å². The highest BCUT2D eigenvalue weighted by molar-refractivity contribution is 8.00. The van der Waals surface area contributed by atoms with E-state index in [0.29, 0.717) is 11.9 Å². The summed E-state index contributed by atoms with van der Waals surface area (Å²) in [5, 5.41) is 6.79. The van der Waals surface area contributed by atoms with Crippen LogP contribution < -0.4 is 10.6 Å². The van der Waals surface area contributed by atoms with Crippen molar-refractivity contribution in [3.05, 3.63) is 0 Å². The van der Waals surface area contributed by atoms with Crippen LogP contribution in [0.15, 0.2) is 0 Å². The van der Waals surface area contributed by atoms with Crippen molar-refractivity contribution in [2.75, 3.05) is 18.8 Å². The number of nitrogens with one attached hydrogen (secondary N) is 2. The molecule has 0 bridgehead atoms. The fourth-order valence-corrected chi connectivity index (χ4v) is 3.84. The first kappa shape index (κ1) is 9.04. The van der Waals surface area contributed by atoms with Crippen molar-refractivity contribution in [1.82, 2.24) is 10.6 Å². The lowest BCUT2D eigenvalue weighted by Gasteiger charge is -2.11. The van der Waals surface area contributed by atoms with Gasteiger partial charge < -0.3 is 10.6 Å². The summed E-state index contributed by atoms with van der Waals surface area (Å²) in [6, 6.07) is 0.505. The minimum Gasteiger partial charge on any atom is -0.352 e. The first-order valence-electron chi connectivity index (χ1n) is 5.49. The number of amides is 1. The summed E-state index contributed by atoms with van der Waals surface area (Å²) in [5.74, 6) is 2.94. The van der Waals surface area contributed by atoms with Gasteiger partial charge in [-0.1, -0.05) is 0 Å². The molecule has 3 unspecified atom stereocenters. The molecule has 0 aromatic rings. The van der Waals surface area contributed by atoms with Crippen LogP contribution in [0.2, 0.25) is 0 Å². The Balaban J connectivity index is 1.50. The Morgan fingerprint density at radius 2 is 2.14 bits per heavy atom. The van der Waals surface area contributed by atoms with Crippen LogP contribution in [0.1, 0.15) is 12.8 Å². The molecule has 14 heavy (non-hydrogen) atoms. The van der Waals surface area contributed by atoms with Crippen LogP contribution in [-0.2, 0) is 4.79 Å². The van der Waals surface area contributed by atoms with Crippen molar-refractivity contribution >= 4 is 17.7 Å². The van der Waals surface area contributed by atoms with Gasteiger partial charge in [0.2, 0.25) is 5.91 Å². The first-order chi connectivity index (χ1) is 6.86. The SMILES string of the molecule is O=C(NC1C2CNCC21)C1CCCS1. The number of thioether (sulfide) groups is 1. The third-order valence-corrected chi connectivity index (χ3v) is 5.00. The highest BCUT2D eigenvalue weighted by Gasteiger charge is 2.53. The summed E-state index contributed by atoms with van der Waals surface area (Å²) >= 11 is 1.82. The van der Waals surface area contributed by atoms with Crippen molar-refractivity contribution in [2.24, 2.45) is 11.8 Å². The summed E-state index contributed by atoms with van der Waals surface area (Å²) in [6.45, 7) is 2.21. The van der Waals surface area contributed by atoms with Gasteiger partial charge in [0, 0.05) is 19.1 Å². The summed E-state index contributed by atoms with van der Waals surface area (Å²) in [4.78, 5) is 11.8. The number of hydrogen-bond acceptors (Lipinski definition) is 3. The van der Waals surface area contributed by atoms with Gasteiger partial charge in [0.1, 0.15) is 0 Å². The molecule has 2 saturated heterocycles. The molecule has 2 aliphatic heterocycles. The van der Waals surface area contributed by atoms with Crippen molar-refractivity contribution < 1.29 is 4.79 Å². The molecule has 0 radical (unpaired) electrons. The molecule has 1 saturated carbocycles. The van der Waals surface area contributed by atoms with Gasteiger partial charge >= 0.3 is 0 Å². The third kappa shape index (κ3) is 1.44. The Kier molecular flexibility index (Phi) is 2.21. The van der Waals surface area contributed by atoms with E-state index in [4.69, 9.17) is 0 Å². The van der Waals surface area contributed by atoms with Gasteiger partial charge in [-0.25, -0.2) is 0 Å². The van der Waals surface area contributed by atoms with Crippen LogP contribution >= 0.6 is 11.8 Å². The van der Waals surface area contributed by atoms with E-state index >= 15 is 0 Å². The van der Waals surface area contributed by atoms with Crippen LogP contribution in [0.3, 0.4) is 0 Å². The Hall–Kier alpha value is -0.220. The largest absolute Gasteiger partial charge is 0.352 e. The van der Waals surface area contributed by atoms with Crippen LogP contribution in [-0.4, -0.2) is 36.0 Å². The van der Waals surface area contributed by atoms with E-state index in [-0.39, 0.29) is 5.25 Å². The monoisotopic (exact) mass is 212 g/mol. The lowest BCUT2D eigenvalue weighted by Crippen LogP contribution is -2.37. The lowest BCUT2D eigenvalue weighted by molar-refractivity contribution is -0.120. The van der Waals surface area contributed by atoms with Gasteiger partial charge in [-0.05, 0) is 30.4 Å². The van der Waals surface area contributed by atoms with E-state index in [0.717, 1.165) is 37.1 Å². The number of hydrogen-bond donors (Lipinski definition) is 2. The second-order valence-electron chi connectivity index (χ2n) is 4.52. The van der Waals surface area contributed by atoms with Crippen LogP contribution in [0.5, 0.6) is 0 Å². The van der Waals surface area contributed by atoms with E-state index in [9.17, 15) is 4.79 Å². The molecule has 1 aliphatic carbocycles. The molecule has 78 valence electrons. The summed E-state index contributed by atoms with van der Waals surface area (Å²) in [6.07, 6.45) is 2.29. The van der Waals surface area contributed by atoms with Crippen LogP contribution in [0.25, 0.3) is 0 Å².